The van der Waals surface area contributed by atoms with Crippen molar-refractivity contribution in [1.29, 1.82) is 0 Å². The van der Waals surface area contributed by atoms with Crippen LogP contribution in [-0.4, -0.2) is 6.98 Å². The number of para-hydroxylation sites is 2. The van der Waals surface area contributed by atoms with Gasteiger partial charge in [0, 0.05) is 17.2 Å². The van der Waals surface area contributed by atoms with Crippen molar-refractivity contribution in [2.24, 2.45) is 7.05 Å². The van der Waals surface area contributed by atoms with E-state index in [1.165, 1.54) is 50.6 Å². The Morgan fingerprint density at radius 3 is 2.31 bits per heavy atom. The third-order valence-electron chi connectivity index (χ3n) is 7.73. The summed E-state index contributed by atoms with van der Waals surface area (Å²) in [5, 5.41) is 0. The minimum Gasteiger partial charge on any atom is -0.336 e. The summed E-state index contributed by atoms with van der Waals surface area (Å²) >= 11 is 0. The first-order chi connectivity index (χ1) is 17.1. The van der Waals surface area contributed by atoms with Gasteiger partial charge in [-0.15, -0.1) is 0 Å². The fourth-order valence-electron chi connectivity index (χ4n) is 6.14. The zero-order valence-corrected chi connectivity index (χ0v) is 21.2. The SMILES string of the molecule is Cc1cccc2c1N(c1cccc[n+]1C)B1c3c(cccc3C(C)C)CCCc3ccccc3N12. The van der Waals surface area contributed by atoms with Gasteiger partial charge in [0.05, 0.1) is 18.9 Å². The van der Waals surface area contributed by atoms with Crippen LogP contribution in [0.15, 0.2) is 85.1 Å². The maximum absolute atomic E-state index is 2.63. The summed E-state index contributed by atoms with van der Waals surface area (Å²) < 4.78 is 2.26. The third-order valence-corrected chi connectivity index (χ3v) is 7.73. The molecule has 0 bridgehead atoms. The molecule has 1 aromatic heterocycles. The van der Waals surface area contributed by atoms with Gasteiger partial charge < -0.3 is 4.81 Å². The molecule has 0 amide bonds. The lowest BCUT2D eigenvalue weighted by Gasteiger charge is -2.29. The minimum atomic E-state index is 0.0487. The van der Waals surface area contributed by atoms with E-state index in [1.54, 1.807) is 0 Å². The van der Waals surface area contributed by atoms with Crippen molar-refractivity contribution >= 4 is 35.3 Å². The number of aromatic nitrogens is 1. The van der Waals surface area contributed by atoms with Crippen LogP contribution >= 0.6 is 0 Å². The van der Waals surface area contributed by atoms with Gasteiger partial charge in [0.1, 0.15) is 5.69 Å². The Morgan fingerprint density at radius 1 is 0.771 bits per heavy atom. The molecule has 0 radical (unpaired) electrons. The number of benzene rings is 3. The highest BCUT2D eigenvalue weighted by atomic mass is 15.3. The Balaban J connectivity index is 1.75. The molecule has 0 aliphatic carbocycles. The summed E-state index contributed by atoms with van der Waals surface area (Å²) in [7, 11) is 2.16. The molecule has 0 spiro atoms. The van der Waals surface area contributed by atoms with E-state index in [0.29, 0.717) is 5.92 Å². The molecule has 3 heterocycles. The maximum atomic E-state index is 2.63. The van der Waals surface area contributed by atoms with Crippen molar-refractivity contribution in [3.63, 3.8) is 0 Å². The second-order valence-corrected chi connectivity index (χ2v) is 10.3. The van der Waals surface area contributed by atoms with Crippen molar-refractivity contribution in [2.45, 2.75) is 46.0 Å². The lowest BCUT2D eigenvalue weighted by atomic mass is 9.59. The predicted octanol–water partition coefficient (Wildman–Crippen LogP) is 6.12. The molecule has 0 atom stereocenters. The lowest BCUT2D eigenvalue weighted by Crippen LogP contribution is -2.57. The predicted molar refractivity (Wildman–Crippen MR) is 147 cm³/mol. The largest absolute Gasteiger partial charge is 0.543 e. The second kappa shape index (κ2) is 8.60. The molecular weight excluding hydrogens is 425 g/mol. The molecule has 35 heavy (non-hydrogen) atoms. The lowest BCUT2D eigenvalue weighted by molar-refractivity contribution is -0.658. The quantitative estimate of drug-likeness (QED) is 0.265. The standard InChI is InChI=1S/C31H33BN3/c1-22(2)26-17-11-16-25-15-10-14-24-13-5-6-18-27(24)34-28-19-9-12-23(3)31(28)35(32(34)30(25)26)29-20-7-8-21-33(29)4/h5-9,11-13,16-22H,10,14-15H2,1-4H3/q+1. The summed E-state index contributed by atoms with van der Waals surface area (Å²) in [6.07, 6.45) is 5.50. The molecule has 0 N–H and O–H groups in total. The smallest absolute Gasteiger partial charge is 0.336 e. The number of fused-ring (bicyclic) bond motifs is 7. The first-order valence-electron chi connectivity index (χ1n) is 12.9. The summed E-state index contributed by atoms with van der Waals surface area (Å²) in [6.45, 7) is 6.97. The van der Waals surface area contributed by atoms with Crippen LogP contribution in [-0.2, 0) is 19.9 Å². The Bertz CT molecular complexity index is 1410. The molecule has 2 aliphatic heterocycles. The fourth-order valence-corrected chi connectivity index (χ4v) is 6.14. The highest BCUT2D eigenvalue weighted by molar-refractivity contribution is 6.85. The van der Waals surface area contributed by atoms with E-state index >= 15 is 0 Å². The van der Waals surface area contributed by atoms with Gasteiger partial charge in [-0.2, -0.15) is 0 Å². The van der Waals surface area contributed by atoms with Crippen LogP contribution in [0.2, 0.25) is 0 Å². The maximum Gasteiger partial charge on any atom is 0.543 e. The van der Waals surface area contributed by atoms with Crippen LogP contribution in [0.4, 0.5) is 22.9 Å². The molecule has 3 nitrogen and oxygen atoms in total. The first kappa shape index (κ1) is 22.0. The minimum absolute atomic E-state index is 0.0487. The monoisotopic (exact) mass is 458 g/mol. The Morgan fingerprint density at radius 2 is 1.49 bits per heavy atom. The summed E-state index contributed by atoms with van der Waals surface area (Å²) in [5.74, 6) is 1.65. The number of nitrogens with zero attached hydrogens (tertiary/aromatic N) is 3. The molecule has 4 heteroatoms. The van der Waals surface area contributed by atoms with Crippen molar-refractivity contribution in [3.05, 3.63) is 107 Å². The number of hydrogen-bond acceptors (Lipinski definition) is 2. The van der Waals surface area contributed by atoms with E-state index in [2.05, 4.69) is 127 Å². The molecular formula is C31H33BN3+. The normalized spacial score (nSPS) is 14.6. The van der Waals surface area contributed by atoms with Crippen molar-refractivity contribution in [2.75, 3.05) is 9.62 Å². The molecule has 0 saturated heterocycles. The van der Waals surface area contributed by atoms with Crippen molar-refractivity contribution in [1.82, 2.24) is 0 Å². The van der Waals surface area contributed by atoms with Gasteiger partial charge in [-0.3, -0.25) is 4.81 Å². The van der Waals surface area contributed by atoms with E-state index in [4.69, 9.17) is 0 Å². The number of rotatable bonds is 2. The summed E-state index contributed by atoms with van der Waals surface area (Å²) in [6, 6.07) is 29.3. The molecule has 0 unspecified atom stereocenters. The van der Waals surface area contributed by atoms with E-state index in [-0.39, 0.29) is 6.98 Å². The zero-order valence-electron chi connectivity index (χ0n) is 21.2. The number of anilines is 4. The highest BCUT2D eigenvalue weighted by Crippen LogP contribution is 2.48. The first-order valence-corrected chi connectivity index (χ1v) is 12.9. The summed E-state index contributed by atoms with van der Waals surface area (Å²) in [4.78, 5) is 5.22. The second-order valence-electron chi connectivity index (χ2n) is 10.3. The van der Waals surface area contributed by atoms with Crippen molar-refractivity contribution < 1.29 is 4.57 Å². The van der Waals surface area contributed by atoms with Gasteiger partial charge >= 0.3 is 6.98 Å². The van der Waals surface area contributed by atoms with E-state index in [9.17, 15) is 0 Å². The van der Waals surface area contributed by atoms with Crippen LogP contribution in [0.3, 0.4) is 0 Å². The van der Waals surface area contributed by atoms with Crippen LogP contribution in [0.5, 0.6) is 0 Å². The topological polar surface area (TPSA) is 10.4 Å². The van der Waals surface area contributed by atoms with Gasteiger partial charge in [0.2, 0.25) is 0 Å². The van der Waals surface area contributed by atoms with E-state index in [0.717, 1.165) is 19.3 Å². The van der Waals surface area contributed by atoms with Crippen LogP contribution < -0.4 is 19.7 Å². The van der Waals surface area contributed by atoms with Gasteiger partial charge in [-0.25, -0.2) is 4.57 Å². The fraction of sp³-hybridized carbons (Fsp3) is 0.258. The van der Waals surface area contributed by atoms with Crippen LogP contribution in [0.1, 0.15) is 48.4 Å². The highest BCUT2D eigenvalue weighted by Gasteiger charge is 2.54. The Hall–Kier alpha value is -3.53. The Labute approximate surface area is 209 Å². The number of pyridine rings is 1. The van der Waals surface area contributed by atoms with E-state index < -0.39 is 0 Å². The average molecular weight is 458 g/mol. The third kappa shape index (κ3) is 3.46. The van der Waals surface area contributed by atoms with Crippen molar-refractivity contribution in [3.8, 4) is 0 Å². The van der Waals surface area contributed by atoms with Crippen LogP contribution in [0.25, 0.3) is 0 Å². The number of aryl methyl sites for hydroxylation is 4. The van der Waals surface area contributed by atoms with Crippen LogP contribution in [0, 0.1) is 6.92 Å². The zero-order chi connectivity index (χ0) is 24.1. The molecule has 174 valence electrons. The van der Waals surface area contributed by atoms with Gasteiger partial charge in [-0.05, 0) is 72.6 Å². The van der Waals surface area contributed by atoms with Gasteiger partial charge in [0.15, 0.2) is 0 Å². The average Bonchev–Trinajstić information content (AvgIpc) is 3.22. The molecule has 0 saturated carbocycles. The molecule has 6 rings (SSSR count). The van der Waals surface area contributed by atoms with Gasteiger partial charge in [-0.1, -0.05) is 68.4 Å². The molecule has 0 fully saturated rings. The molecule has 3 aromatic carbocycles. The molecule has 4 aromatic rings. The number of hydrogen-bond donors (Lipinski definition) is 0. The van der Waals surface area contributed by atoms with E-state index in [1.807, 2.05) is 0 Å². The molecule has 2 aliphatic rings. The Kier molecular flexibility index (Phi) is 5.40. The summed E-state index contributed by atoms with van der Waals surface area (Å²) in [5.41, 5.74) is 11.1. The van der Waals surface area contributed by atoms with Gasteiger partial charge in [0.25, 0.3) is 5.82 Å².